The Morgan fingerprint density at radius 3 is 2.50 bits per heavy atom. The van der Waals surface area contributed by atoms with Crippen molar-refractivity contribution in [3.63, 3.8) is 0 Å². The summed E-state index contributed by atoms with van der Waals surface area (Å²) in [6.07, 6.45) is 5.48. The number of pyridine rings is 1. The second kappa shape index (κ2) is 7.13. The first kappa shape index (κ1) is 13.9. The predicted octanol–water partition coefficient (Wildman–Crippen LogP) is 2.58. The molecular weight excluding hydrogens is 254 g/mol. The largest absolute Gasteiger partial charge is 0.494 e. The quantitative estimate of drug-likeness (QED) is 0.793. The maximum absolute atomic E-state index is 10.7. The van der Waals surface area contributed by atoms with Crippen molar-refractivity contribution >= 4 is 11.7 Å². The zero-order valence-corrected chi connectivity index (χ0v) is 11.1. The molecule has 104 valence electrons. The number of primary amides is 1. The third kappa shape index (κ3) is 4.61. The molecule has 0 fully saturated rings. The number of urea groups is 1. The van der Waals surface area contributed by atoms with Gasteiger partial charge in [0.1, 0.15) is 5.75 Å². The van der Waals surface area contributed by atoms with Gasteiger partial charge in [0.15, 0.2) is 0 Å². The number of hydrogen-bond acceptors (Lipinski definition) is 3. The van der Waals surface area contributed by atoms with Gasteiger partial charge in [-0.05, 0) is 54.8 Å². The fraction of sp³-hybridized carbons (Fsp3) is 0.200. The van der Waals surface area contributed by atoms with Crippen LogP contribution in [0, 0.1) is 0 Å². The minimum Gasteiger partial charge on any atom is -0.494 e. The van der Waals surface area contributed by atoms with Crippen LogP contribution in [-0.2, 0) is 6.42 Å². The smallest absolute Gasteiger partial charge is 0.316 e. The number of aryl methyl sites for hydroxylation is 1. The van der Waals surface area contributed by atoms with Gasteiger partial charge < -0.3 is 15.8 Å². The Morgan fingerprint density at radius 2 is 1.85 bits per heavy atom. The van der Waals surface area contributed by atoms with Gasteiger partial charge in [0, 0.05) is 18.1 Å². The lowest BCUT2D eigenvalue weighted by atomic mass is 10.1. The first-order valence-electron chi connectivity index (χ1n) is 6.42. The molecule has 2 rings (SSSR count). The third-order valence-corrected chi connectivity index (χ3v) is 2.75. The third-order valence-electron chi connectivity index (χ3n) is 2.75. The summed E-state index contributed by atoms with van der Waals surface area (Å²) in [5, 5.41) is 2.50. The molecule has 1 aromatic heterocycles. The van der Waals surface area contributed by atoms with Crippen molar-refractivity contribution < 1.29 is 9.53 Å². The molecule has 5 nitrogen and oxygen atoms in total. The number of benzene rings is 1. The number of carbonyl (C=O) groups is 1. The average Bonchev–Trinajstić information content (AvgIpc) is 2.46. The molecule has 0 radical (unpaired) electrons. The Labute approximate surface area is 117 Å². The van der Waals surface area contributed by atoms with Crippen molar-refractivity contribution in [3.8, 4) is 5.75 Å². The van der Waals surface area contributed by atoms with Gasteiger partial charge in [-0.1, -0.05) is 0 Å². The van der Waals surface area contributed by atoms with E-state index in [1.54, 1.807) is 36.7 Å². The molecule has 0 aliphatic carbocycles. The number of nitrogens with one attached hydrogen (secondary N) is 1. The van der Waals surface area contributed by atoms with Crippen molar-refractivity contribution in [2.75, 3.05) is 11.9 Å². The van der Waals surface area contributed by atoms with E-state index >= 15 is 0 Å². The summed E-state index contributed by atoms with van der Waals surface area (Å²) < 4.78 is 5.63. The van der Waals surface area contributed by atoms with Crippen LogP contribution in [0.2, 0.25) is 0 Å². The fourth-order valence-electron chi connectivity index (χ4n) is 1.79. The van der Waals surface area contributed by atoms with Gasteiger partial charge in [0.05, 0.1) is 6.61 Å². The van der Waals surface area contributed by atoms with Gasteiger partial charge in [0.2, 0.25) is 0 Å². The van der Waals surface area contributed by atoms with Crippen LogP contribution in [0.4, 0.5) is 10.5 Å². The van der Waals surface area contributed by atoms with Crippen LogP contribution in [0.3, 0.4) is 0 Å². The van der Waals surface area contributed by atoms with E-state index in [1.807, 2.05) is 12.1 Å². The summed E-state index contributed by atoms with van der Waals surface area (Å²) >= 11 is 0. The average molecular weight is 271 g/mol. The summed E-state index contributed by atoms with van der Waals surface area (Å²) in [5.74, 6) is 0.773. The zero-order chi connectivity index (χ0) is 14.2. The van der Waals surface area contributed by atoms with Gasteiger partial charge in [-0.25, -0.2) is 4.79 Å². The van der Waals surface area contributed by atoms with E-state index in [0.29, 0.717) is 12.3 Å². The van der Waals surface area contributed by atoms with Crippen LogP contribution in [0.25, 0.3) is 0 Å². The standard InChI is InChI=1S/C15H17N3O2/c16-15(19)18-13-3-5-14(6-4-13)20-11-1-2-12-7-9-17-10-8-12/h3-10H,1-2,11H2,(H3,16,18,19). The summed E-state index contributed by atoms with van der Waals surface area (Å²) in [6, 6.07) is 10.5. The Balaban J connectivity index is 1.73. The Morgan fingerprint density at radius 1 is 1.15 bits per heavy atom. The van der Waals surface area contributed by atoms with Crippen molar-refractivity contribution in [2.45, 2.75) is 12.8 Å². The lowest BCUT2D eigenvalue weighted by Gasteiger charge is -2.07. The second-order valence-corrected chi connectivity index (χ2v) is 4.32. The monoisotopic (exact) mass is 271 g/mol. The summed E-state index contributed by atoms with van der Waals surface area (Å²) in [6.45, 7) is 0.644. The Kier molecular flexibility index (Phi) is 4.94. The van der Waals surface area contributed by atoms with Crippen molar-refractivity contribution in [3.05, 3.63) is 54.4 Å². The molecule has 20 heavy (non-hydrogen) atoms. The topological polar surface area (TPSA) is 77.2 Å². The number of hydrogen-bond donors (Lipinski definition) is 2. The number of anilines is 1. The minimum atomic E-state index is -0.573. The van der Waals surface area contributed by atoms with E-state index in [-0.39, 0.29) is 0 Å². The van der Waals surface area contributed by atoms with E-state index < -0.39 is 6.03 Å². The molecule has 5 heteroatoms. The molecule has 1 heterocycles. The van der Waals surface area contributed by atoms with E-state index in [2.05, 4.69) is 10.3 Å². The van der Waals surface area contributed by atoms with E-state index in [0.717, 1.165) is 18.6 Å². The number of nitrogens with zero attached hydrogens (tertiary/aromatic N) is 1. The molecule has 2 aromatic rings. The van der Waals surface area contributed by atoms with Crippen molar-refractivity contribution in [2.24, 2.45) is 5.73 Å². The number of nitrogens with two attached hydrogens (primary N) is 1. The first-order chi connectivity index (χ1) is 9.74. The van der Waals surface area contributed by atoms with Gasteiger partial charge in [0.25, 0.3) is 0 Å². The Bertz CT molecular complexity index is 541. The van der Waals surface area contributed by atoms with Crippen LogP contribution in [-0.4, -0.2) is 17.6 Å². The van der Waals surface area contributed by atoms with Gasteiger partial charge >= 0.3 is 6.03 Å². The molecule has 0 bridgehead atoms. The van der Waals surface area contributed by atoms with E-state index in [1.165, 1.54) is 5.56 Å². The van der Waals surface area contributed by atoms with Gasteiger partial charge in [-0.2, -0.15) is 0 Å². The minimum absolute atomic E-state index is 0.573. The maximum Gasteiger partial charge on any atom is 0.316 e. The van der Waals surface area contributed by atoms with Crippen molar-refractivity contribution in [1.82, 2.24) is 4.98 Å². The van der Waals surface area contributed by atoms with Crippen LogP contribution in [0.15, 0.2) is 48.8 Å². The normalized spacial score (nSPS) is 10.0. The lowest BCUT2D eigenvalue weighted by Crippen LogP contribution is -2.19. The molecule has 0 atom stereocenters. The first-order valence-corrected chi connectivity index (χ1v) is 6.42. The second-order valence-electron chi connectivity index (χ2n) is 4.32. The Hall–Kier alpha value is -2.56. The summed E-state index contributed by atoms with van der Waals surface area (Å²) in [4.78, 5) is 14.7. The predicted molar refractivity (Wildman–Crippen MR) is 77.7 cm³/mol. The molecule has 3 N–H and O–H groups in total. The molecule has 0 spiro atoms. The number of carbonyl (C=O) groups excluding carboxylic acids is 1. The van der Waals surface area contributed by atoms with Crippen LogP contribution >= 0.6 is 0 Å². The highest BCUT2D eigenvalue weighted by molar-refractivity contribution is 5.87. The lowest BCUT2D eigenvalue weighted by molar-refractivity contribution is 0.259. The highest BCUT2D eigenvalue weighted by Crippen LogP contribution is 2.15. The molecular formula is C15H17N3O2. The number of rotatable bonds is 6. The van der Waals surface area contributed by atoms with Gasteiger partial charge in [-0.3, -0.25) is 4.98 Å². The highest BCUT2D eigenvalue weighted by atomic mass is 16.5. The molecule has 0 saturated heterocycles. The zero-order valence-electron chi connectivity index (χ0n) is 11.1. The number of aromatic nitrogens is 1. The highest BCUT2D eigenvalue weighted by Gasteiger charge is 1.98. The fourth-order valence-corrected chi connectivity index (χ4v) is 1.79. The van der Waals surface area contributed by atoms with Gasteiger partial charge in [-0.15, -0.1) is 0 Å². The number of amides is 2. The van der Waals surface area contributed by atoms with Crippen LogP contribution < -0.4 is 15.8 Å². The van der Waals surface area contributed by atoms with E-state index in [4.69, 9.17) is 10.5 Å². The molecule has 0 saturated carbocycles. The number of ether oxygens (including phenoxy) is 1. The maximum atomic E-state index is 10.7. The molecule has 1 aromatic carbocycles. The molecule has 0 unspecified atom stereocenters. The summed E-state index contributed by atoms with van der Waals surface area (Å²) in [5.41, 5.74) is 6.94. The molecule has 0 aliphatic rings. The SMILES string of the molecule is NC(=O)Nc1ccc(OCCCc2ccncc2)cc1. The van der Waals surface area contributed by atoms with Crippen LogP contribution in [0.1, 0.15) is 12.0 Å². The molecule has 2 amide bonds. The van der Waals surface area contributed by atoms with Crippen molar-refractivity contribution in [1.29, 1.82) is 0 Å². The van der Waals surface area contributed by atoms with E-state index in [9.17, 15) is 4.79 Å². The van der Waals surface area contributed by atoms with Crippen LogP contribution in [0.5, 0.6) is 5.75 Å². The summed E-state index contributed by atoms with van der Waals surface area (Å²) in [7, 11) is 0. The molecule has 0 aliphatic heterocycles.